The van der Waals surface area contributed by atoms with E-state index in [-0.39, 0.29) is 25.0 Å². The Morgan fingerprint density at radius 3 is 1.05 bits per heavy atom. The van der Waals surface area contributed by atoms with Gasteiger partial charge in [-0.05, 0) is 20.8 Å². The Hall–Kier alpha value is -2.00. The van der Waals surface area contributed by atoms with Gasteiger partial charge in [-0.15, -0.1) is 0 Å². The van der Waals surface area contributed by atoms with Gasteiger partial charge in [0.2, 0.25) is 0 Å². The molecule has 5 N–H and O–H groups in total. The lowest BCUT2D eigenvalue weighted by Crippen LogP contribution is -2.07. The van der Waals surface area contributed by atoms with Crippen LogP contribution in [0.3, 0.4) is 0 Å². The SMILES string of the molecule is CC(=O)CC(=O)O.CC(O)CC(=O)O.C[C@H](O)CC(=O)O. The van der Waals surface area contributed by atoms with E-state index in [9.17, 15) is 19.2 Å². The first-order valence-corrected chi connectivity index (χ1v) is 5.89. The van der Waals surface area contributed by atoms with E-state index in [1.54, 1.807) is 0 Å². The van der Waals surface area contributed by atoms with Crippen LogP contribution < -0.4 is 0 Å². The lowest BCUT2D eigenvalue weighted by atomic mass is 10.3. The molecule has 0 amide bonds. The van der Waals surface area contributed by atoms with Gasteiger partial charge in [0.05, 0.1) is 25.0 Å². The standard InChI is InChI=1S/2C4H8O3.C4H6O3/c3*1-3(5)2-4(6)7/h2*3,5H,2H2,1H3,(H,6,7);2H2,1H3,(H,6,7)/t3-;;/m0../s1. The second-order valence-electron chi connectivity index (χ2n) is 4.17. The number of ketones is 1. The Kier molecular flexibility index (Phi) is 16.5. The fourth-order valence-electron chi connectivity index (χ4n) is 0.718. The lowest BCUT2D eigenvalue weighted by Gasteiger charge is -1.94. The van der Waals surface area contributed by atoms with Gasteiger partial charge in [-0.25, -0.2) is 0 Å². The van der Waals surface area contributed by atoms with Gasteiger partial charge in [0, 0.05) is 0 Å². The summed E-state index contributed by atoms with van der Waals surface area (Å²) in [5, 5.41) is 40.4. The molecule has 0 aliphatic carbocycles. The second kappa shape index (κ2) is 14.4. The zero-order chi connectivity index (χ0) is 17.6. The predicted octanol–water partition coefficient (Wildman–Crippen LogP) is -0.266. The minimum atomic E-state index is -1.06. The van der Waals surface area contributed by atoms with Gasteiger partial charge >= 0.3 is 17.9 Å². The Labute approximate surface area is 121 Å². The molecule has 0 saturated carbocycles. The van der Waals surface area contributed by atoms with E-state index in [0.717, 1.165) is 0 Å². The Morgan fingerprint density at radius 1 is 0.762 bits per heavy atom. The molecule has 21 heavy (non-hydrogen) atoms. The van der Waals surface area contributed by atoms with Crippen molar-refractivity contribution in [1.82, 2.24) is 0 Å². The summed E-state index contributed by atoms with van der Waals surface area (Å²) in [4.78, 5) is 38.8. The largest absolute Gasteiger partial charge is 0.481 e. The quantitative estimate of drug-likeness (QED) is 0.414. The maximum atomic E-state index is 9.87. The molecule has 0 aromatic carbocycles. The van der Waals surface area contributed by atoms with Crippen LogP contribution in [0.5, 0.6) is 0 Å². The molecule has 2 atom stereocenters. The predicted molar refractivity (Wildman–Crippen MR) is 70.8 cm³/mol. The molecule has 0 aromatic heterocycles. The van der Waals surface area contributed by atoms with Crippen molar-refractivity contribution in [2.45, 2.75) is 52.2 Å². The summed E-state index contributed by atoms with van der Waals surface area (Å²) < 4.78 is 0. The number of Topliss-reactive ketones (excluding diaryl/α,β-unsaturated/α-hetero) is 1. The number of carboxylic acids is 3. The van der Waals surface area contributed by atoms with Crippen LogP contribution in [0, 0.1) is 0 Å². The smallest absolute Gasteiger partial charge is 0.310 e. The Balaban J connectivity index is -0.000000231. The van der Waals surface area contributed by atoms with Crippen LogP contribution in [0.15, 0.2) is 0 Å². The number of carboxylic acid groups (broad SMARTS) is 3. The molecular formula is C12H22O9. The van der Waals surface area contributed by atoms with Crippen molar-refractivity contribution in [2.75, 3.05) is 0 Å². The van der Waals surface area contributed by atoms with E-state index in [0.29, 0.717) is 0 Å². The molecule has 0 rings (SSSR count). The summed E-state index contributed by atoms with van der Waals surface area (Å²) in [6.07, 6.45) is -2.14. The van der Waals surface area contributed by atoms with Gasteiger partial charge in [-0.3, -0.25) is 19.2 Å². The van der Waals surface area contributed by atoms with Crippen LogP contribution in [0.1, 0.15) is 40.0 Å². The summed E-state index contributed by atoms with van der Waals surface area (Å²) >= 11 is 0. The average molecular weight is 310 g/mol. The molecule has 0 aliphatic rings. The summed E-state index contributed by atoms with van der Waals surface area (Å²) in [6.45, 7) is 4.12. The molecule has 0 aromatic rings. The number of rotatable bonds is 6. The number of aliphatic hydroxyl groups excluding tert-OH is 2. The zero-order valence-electron chi connectivity index (χ0n) is 12.1. The number of aliphatic hydroxyl groups is 2. The van der Waals surface area contributed by atoms with Crippen LogP contribution in [-0.2, 0) is 19.2 Å². The molecule has 1 unspecified atom stereocenters. The van der Waals surface area contributed by atoms with Gasteiger partial charge < -0.3 is 25.5 Å². The van der Waals surface area contributed by atoms with E-state index in [4.69, 9.17) is 25.5 Å². The Morgan fingerprint density at radius 2 is 1.05 bits per heavy atom. The van der Waals surface area contributed by atoms with Gasteiger partial charge in [-0.1, -0.05) is 0 Å². The molecule has 0 fully saturated rings. The molecular weight excluding hydrogens is 288 g/mol. The molecule has 0 saturated heterocycles. The van der Waals surface area contributed by atoms with E-state index in [1.807, 2.05) is 0 Å². The van der Waals surface area contributed by atoms with Gasteiger partial charge in [-0.2, -0.15) is 0 Å². The average Bonchev–Trinajstić information content (AvgIpc) is 2.10. The molecule has 0 bridgehead atoms. The normalized spacial score (nSPS) is 11.7. The molecule has 0 spiro atoms. The van der Waals surface area contributed by atoms with Gasteiger partial charge in [0.25, 0.3) is 0 Å². The highest BCUT2D eigenvalue weighted by molar-refractivity contribution is 5.93. The zero-order valence-corrected chi connectivity index (χ0v) is 12.1. The second-order valence-corrected chi connectivity index (χ2v) is 4.17. The third-order valence-electron chi connectivity index (χ3n) is 1.34. The van der Waals surface area contributed by atoms with Gasteiger partial charge in [0.1, 0.15) is 12.2 Å². The summed E-state index contributed by atoms with van der Waals surface area (Å²) in [5.74, 6) is -3.30. The maximum Gasteiger partial charge on any atom is 0.310 e. The van der Waals surface area contributed by atoms with Crippen molar-refractivity contribution < 1.29 is 44.7 Å². The van der Waals surface area contributed by atoms with Crippen molar-refractivity contribution in [3.8, 4) is 0 Å². The monoisotopic (exact) mass is 310 g/mol. The van der Waals surface area contributed by atoms with Crippen molar-refractivity contribution in [2.24, 2.45) is 0 Å². The Bertz CT molecular complexity index is 302. The summed E-state index contributed by atoms with van der Waals surface area (Å²) in [6, 6.07) is 0. The first kappa shape index (κ1) is 24.0. The van der Waals surface area contributed by atoms with Crippen LogP contribution in [0.2, 0.25) is 0 Å². The molecule has 9 nitrogen and oxygen atoms in total. The minimum Gasteiger partial charge on any atom is -0.481 e. The fourth-order valence-corrected chi connectivity index (χ4v) is 0.718. The van der Waals surface area contributed by atoms with Crippen molar-refractivity contribution in [3.05, 3.63) is 0 Å². The first-order valence-electron chi connectivity index (χ1n) is 5.89. The van der Waals surface area contributed by atoms with Crippen molar-refractivity contribution >= 4 is 23.7 Å². The van der Waals surface area contributed by atoms with Crippen LogP contribution >= 0.6 is 0 Å². The van der Waals surface area contributed by atoms with E-state index >= 15 is 0 Å². The summed E-state index contributed by atoms with van der Waals surface area (Å²) in [5.41, 5.74) is 0. The molecule has 0 radical (unpaired) electrons. The van der Waals surface area contributed by atoms with E-state index in [1.165, 1.54) is 20.8 Å². The van der Waals surface area contributed by atoms with E-state index in [2.05, 4.69) is 0 Å². The number of aliphatic carboxylic acids is 3. The number of hydrogen-bond donors (Lipinski definition) is 5. The topological polar surface area (TPSA) is 169 Å². The van der Waals surface area contributed by atoms with Crippen molar-refractivity contribution in [3.63, 3.8) is 0 Å². The summed E-state index contributed by atoms with van der Waals surface area (Å²) in [7, 11) is 0. The van der Waals surface area contributed by atoms with Crippen LogP contribution in [0.4, 0.5) is 0 Å². The number of carbonyl (C=O) groups excluding carboxylic acids is 1. The molecule has 0 heterocycles. The highest BCUT2D eigenvalue weighted by Gasteiger charge is 2.00. The fraction of sp³-hybridized carbons (Fsp3) is 0.667. The number of hydrogen-bond acceptors (Lipinski definition) is 6. The van der Waals surface area contributed by atoms with Crippen LogP contribution in [-0.4, -0.2) is 61.4 Å². The minimum absolute atomic E-state index is 0.167. The number of carbonyl (C=O) groups is 4. The lowest BCUT2D eigenvalue weighted by molar-refractivity contribution is -0.140. The van der Waals surface area contributed by atoms with Crippen molar-refractivity contribution in [1.29, 1.82) is 0 Å². The third kappa shape index (κ3) is 46.1. The molecule has 9 heteroatoms. The maximum absolute atomic E-state index is 9.87. The molecule has 124 valence electrons. The van der Waals surface area contributed by atoms with E-state index < -0.39 is 30.1 Å². The highest BCUT2D eigenvalue weighted by atomic mass is 16.4. The molecule has 0 aliphatic heterocycles. The van der Waals surface area contributed by atoms with Crippen LogP contribution in [0.25, 0.3) is 0 Å². The third-order valence-corrected chi connectivity index (χ3v) is 1.34. The van der Waals surface area contributed by atoms with Gasteiger partial charge in [0.15, 0.2) is 0 Å². The first-order chi connectivity index (χ1) is 9.38. The highest BCUT2D eigenvalue weighted by Crippen LogP contribution is 1.86.